The van der Waals surface area contributed by atoms with Gasteiger partial charge in [-0.05, 0) is 11.6 Å². The SMILES string of the molecule is c1ccc2c(c1)C[C@@H](C[NH+]1CCOCC1)O2. The molecule has 16 heavy (non-hydrogen) atoms. The minimum atomic E-state index is 0.366. The van der Waals surface area contributed by atoms with Crippen molar-refractivity contribution in [2.24, 2.45) is 0 Å². The van der Waals surface area contributed by atoms with Gasteiger partial charge in [0.15, 0.2) is 6.10 Å². The summed E-state index contributed by atoms with van der Waals surface area (Å²) < 4.78 is 11.3. The van der Waals surface area contributed by atoms with E-state index in [0.29, 0.717) is 6.10 Å². The zero-order valence-corrected chi connectivity index (χ0v) is 9.45. The highest BCUT2D eigenvalue weighted by molar-refractivity contribution is 5.37. The van der Waals surface area contributed by atoms with Crippen LogP contribution in [0, 0.1) is 0 Å². The minimum Gasteiger partial charge on any atom is -0.484 e. The lowest BCUT2D eigenvalue weighted by atomic mass is 10.1. The Balaban J connectivity index is 1.59. The maximum atomic E-state index is 5.95. The number of para-hydroxylation sites is 1. The Bertz CT molecular complexity index is 336. The first-order valence-electron chi connectivity index (χ1n) is 6.08. The van der Waals surface area contributed by atoms with E-state index in [-0.39, 0.29) is 0 Å². The van der Waals surface area contributed by atoms with E-state index in [4.69, 9.17) is 9.47 Å². The van der Waals surface area contributed by atoms with Crippen molar-refractivity contribution in [1.82, 2.24) is 0 Å². The molecule has 1 fully saturated rings. The molecule has 0 aliphatic carbocycles. The molecule has 0 aromatic heterocycles. The predicted octanol–water partition coefficient (Wildman–Crippen LogP) is -0.0948. The second-order valence-electron chi connectivity index (χ2n) is 4.62. The van der Waals surface area contributed by atoms with Gasteiger partial charge in [-0.2, -0.15) is 0 Å². The Morgan fingerprint density at radius 2 is 2.00 bits per heavy atom. The van der Waals surface area contributed by atoms with Gasteiger partial charge in [0.2, 0.25) is 0 Å². The Labute approximate surface area is 96.0 Å². The average Bonchev–Trinajstić information content (AvgIpc) is 2.72. The van der Waals surface area contributed by atoms with E-state index >= 15 is 0 Å². The van der Waals surface area contributed by atoms with E-state index in [1.54, 1.807) is 4.90 Å². The van der Waals surface area contributed by atoms with Crippen molar-refractivity contribution >= 4 is 0 Å². The van der Waals surface area contributed by atoms with E-state index in [1.807, 2.05) is 6.07 Å². The largest absolute Gasteiger partial charge is 0.484 e. The summed E-state index contributed by atoms with van der Waals surface area (Å²) in [6.07, 6.45) is 1.44. The molecule has 1 aromatic rings. The third-order valence-electron chi connectivity index (χ3n) is 3.43. The van der Waals surface area contributed by atoms with Gasteiger partial charge in [-0.3, -0.25) is 0 Å². The van der Waals surface area contributed by atoms with Gasteiger partial charge in [-0.15, -0.1) is 0 Å². The van der Waals surface area contributed by atoms with Crippen molar-refractivity contribution in [3.05, 3.63) is 29.8 Å². The molecule has 2 aliphatic rings. The van der Waals surface area contributed by atoms with E-state index in [0.717, 1.165) is 45.0 Å². The first-order chi connectivity index (χ1) is 7.92. The highest BCUT2D eigenvalue weighted by Crippen LogP contribution is 2.27. The molecule has 2 aliphatic heterocycles. The van der Waals surface area contributed by atoms with Gasteiger partial charge in [-0.25, -0.2) is 0 Å². The standard InChI is InChI=1S/C13H17NO2/c1-2-4-13-11(3-1)9-12(16-13)10-14-5-7-15-8-6-14/h1-4,12H,5-10H2/p+1/t12-/m0/s1. The maximum Gasteiger partial charge on any atom is 0.151 e. The fourth-order valence-corrected chi connectivity index (χ4v) is 2.55. The van der Waals surface area contributed by atoms with Crippen molar-refractivity contribution in [2.45, 2.75) is 12.5 Å². The maximum absolute atomic E-state index is 5.95. The van der Waals surface area contributed by atoms with Crippen LogP contribution in [-0.2, 0) is 11.2 Å². The van der Waals surface area contributed by atoms with E-state index in [1.165, 1.54) is 5.56 Å². The molecule has 0 saturated carbocycles. The summed E-state index contributed by atoms with van der Waals surface area (Å²) in [4.78, 5) is 1.61. The van der Waals surface area contributed by atoms with Crippen LogP contribution in [0.5, 0.6) is 5.75 Å². The monoisotopic (exact) mass is 220 g/mol. The van der Waals surface area contributed by atoms with Crippen LogP contribution in [0.25, 0.3) is 0 Å². The quantitative estimate of drug-likeness (QED) is 0.752. The number of quaternary nitrogens is 1. The van der Waals surface area contributed by atoms with Crippen LogP contribution in [0.1, 0.15) is 5.56 Å². The number of hydrogen-bond acceptors (Lipinski definition) is 2. The predicted molar refractivity (Wildman–Crippen MR) is 60.9 cm³/mol. The molecule has 0 spiro atoms. The fraction of sp³-hybridized carbons (Fsp3) is 0.538. The number of hydrogen-bond donors (Lipinski definition) is 1. The van der Waals surface area contributed by atoms with E-state index < -0.39 is 0 Å². The fourth-order valence-electron chi connectivity index (χ4n) is 2.55. The minimum absolute atomic E-state index is 0.366. The number of fused-ring (bicyclic) bond motifs is 1. The van der Waals surface area contributed by atoms with Crippen molar-refractivity contribution in [2.75, 3.05) is 32.8 Å². The van der Waals surface area contributed by atoms with Crippen molar-refractivity contribution < 1.29 is 14.4 Å². The molecular formula is C13H18NO2+. The van der Waals surface area contributed by atoms with E-state index in [9.17, 15) is 0 Å². The van der Waals surface area contributed by atoms with Crippen molar-refractivity contribution in [3.63, 3.8) is 0 Å². The lowest BCUT2D eigenvalue weighted by Crippen LogP contribution is -3.15. The Kier molecular flexibility index (Phi) is 2.80. The number of rotatable bonds is 2. The molecule has 1 atom stereocenters. The van der Waals surface area contributed by atoms with Crippen LogP contribution in [-0.4, -0.2) is 39.0 Å². The van der Waals surface area contributed by atoms with Gasteiger partial charge in [-0.1, -0.05) is 18.2 Å². The highest BCUT2D eigenvalue weighted by Gasteiger charge is 2.27. The lowest BCUT2D eigenvalue weighted by molar-refractivity contribution is -0.910. The van der Waals surface area contributed by atoms with Gasteiger partial charge in [0.25, 0.3) is 0 Å². The third kappa shape index (κ3) is 2.06. The Morgan fingerprint density at radius 1 is 1.19 bits per heavy atom. The zero-order chi connectivity index (χ0) is 10.8. The average molecular weight is 220 g/mol. The molecule has 1 saturated heterocycles. The summed E-state index contributed by atoms with van der Waals surface area (Å²) in [7, 11) is 0. The van der Waals surface area contributed by atoms with Crippen LogP contribution in [0.3, 0.4) is 0 Å². The molecule has 3 nitrogen and oxygen atoms in total. The van der Waals surface area contributed by atoms with Gasteiger partial charge in [0.05, 0.1) is 13.2 Å². The third-order valence-corrected chi connectivity index (χ3v) is 3.43. The summed E-state index contributed by atoms with van der Waals surface area (Å²) in [5, 5.41) is 0. The molecule has 1 N–H and O–H groups in total. The lowest BCUT2D eigenvalue weighted by Gasteiger charge is -2.25. The number of ether oxygens (including phenoxy) is 2. The smallest absolute Gasteiger partial charge is 0.151 e. The Morgan fingerprint density at radius 3 is 2.81 bits per heavy atom. The summed E-state index contributed by atoms with van der Waals surface area (Å²) in [5.74, 6) is 1.08. The number of nitrogens with one attached hydrogen (secondary N) is 1. The summed E-state index contributed by atoms with van der Waals surface area (Å²) >= 11 is 0. The summed E-state index contributed by atoms with van der Waals surface area (Å²) in [6, 6.07) is 8.38. The number of benzene rings is 1. The highest BCUT2D eigenvalue weighted by atomic mass is 16.5. The first kappa shape index (κ1) is 10.1. The molecule has 86 valence electrons. The molecule has 3 rings (SSSR count). The summed E-state index contributed by atoms with van der Waals surface area (Å²) in [5.41, 5.74) is 1.36. The van der Waals surface area contributed by atoms with E-state index in [2.05, 4.69) is 18.2 Å². The molecule has 0 radical (unpaired) electrons. The normalized spacial score (nSPS) is 25.1. The molecule has 3 heteroatoms. The van der Waals surface area contributed by atoms with Crippen molar-refractivity contribution in [1.29, 1.82) is 0 Å². The van der Waals surface area contributed by atoms with Crippen LogP contribution >= 0.6 is 0 Å². The summed E-state index contributed by atoms with van der Waals surface area (Å²) in [6.45, 7) is 5.15. The zero-order valence-electron chi connectivity index (χ0n) is 9.45. The molecule has 0 bridgehead atoms. The van der Waals surface area contributed by atoms with Gasteiger partial charge in [0, 0.05) is 6.42 Å². The Hall–Kier alpha value is -1.06. The molecule has 0 unspecified atom stereocenters. The van der Waals surface area contributed by atoms with Gasteiger partial charge < -0.3 is 14.4 Å². The molecule has 2 heterocycles. The molecule has 1 aromatic carbocycles. The van der Waals surface area contributed by atoms with Gasteiger partial charge in [0.1, 0.15) is 25.4 Å². The van der Waals surface area contributed by atoms with Gasteiger partial charge >= 0.3 is 0 Å². The first-order valence-corrected chi connectivity index (χ1v) is 6.08. The number of morpholine rings is 1. The molecular weight excluding hydrogens is 202 g/mol. The second kappa shape index (κ2) is 4.44. The van der Waals surface area contributed by atoms with Crippen LogP contribution in [0.2, 0.25) is 0 Å². The van der Waals surface area contributed by atoms with Crippen LogP contribution in [0.4, 0.5) is 0 Å². The topological polar surface area (TPSA) is 22.9 Å². The second-order valence-corrected chi connectivity index (χ2v) is 4.62. The van der Waals surface area contributed by atoms with Crippen LogP contribution < -0.4 is 9.64 Å². The van der Waals surface area contributed by atoms with Crippen LogP contribution in [0.15, 0.2) is 24.3 Å². The van der Waals surface area contributed by atoms with Crippen molar-refractivity contribution in [3.8, 4) is 5.75 Å². The molecule has 0 amide bonds.